The summed E-state index contributed by atoms with van der Waals surface area (Å²) in [4.78, 5) is 10.3. The van der Waals surface area contributed by atoms with Crippen LogP contribution in [-0.4, -0.2) is 20.2 Å². The van der Waals surface area contributed by atoms with Crippen molar-refractivity contribution in [2.24, 2.45) is 0 Å². The number of aryl methyl sites for hydroxylation is 4. The lowest BCUT2D eigenvalue weighted by molar-refractivity contribution is 0.514. The molecule has 314 valence electrons. The Morgan fingerprint density at radius 2 is 0.672 bits per heavy atom. The van der Waals surface area contributed by atoms with E-state index in [2.05, 4.69) is 76.2 Å². The van der Waals surface area contributed by atoms with Crippen LogP contribution >= 0.6 is 0 Å². The summed E-state index contributed by atoms with van der Waals surface area (Å²) in [7, 11) is 0. The molecule has 0 aliphatic carbocycles. The Balaban J connectivity index is 1.65. The second-order valence-electron chi connectivity index (χ2n) is 16.7. The fraction of sp³-hybridized carbons (Fsp3) is 0.519. The Kier molecular flexibility index (Phi) is 22.1. The van der Waals surface area contributed by atoms with E-state index in [1.807, 2.05) is 36.4 Å². The Hall–Kier alpha value is -4.18. The highest BCUT2D eigenvalue weighted by molar-refractivity contribution is 5.78. The van der Waals surface area contributed by atoms with Crippen molar-refractivity contribution >= 4 is 23.7 Å². The van der Waals surface area contributed by atoms with Crippen LogP contribution in [0.1, 0.15) is 201 Å². The Labute approximate surface area is 353 Å². The van der Waals surface area contributed by atoms with Crippen molar-refractivity contribution in [3.8, 4) is 11.4 Å². The van der Waals surface area contributed by atoms with Crippen molar-refractivity contribution < 1.29 is 10.2 Å². The van der Waals surface area contributed by atoms with E-state index in [4.69, 9.17) is 9.97 Å². The highest BCUT2D eigenvalue weighted by atomic mass is 16.3. The lowest BCUT2D eigenvalue weighted by Gasteiger charge is -2.11. The molecule has 4 rings (SSSR count). The zero-order chi connectivity index (χ0) is 41.2. The van der Waals surface area contributed by atoms with Crippen LogP contribution in [0.3, 0.4) is 0 Å². The van der Waals surface area contributed by atoms with Gasteiger partial charge in [-0.05, 0) is 97.9 Å². The normalized spacial score (nSPS) is 12.1. The number of unbranched alkanes of at least 4 members (excludes halogenated alkanes) is 16. The Morgan fingerprint density at radius 3 is 1.02 bits per heavy atom. The number of hydrogen-bond donors (Lipinski definition) is 2. The quantitative estimate of drug-likeness (QED) is 0.0425. The van der Waals surface area contributed by atoms with Crippen LogP contribution in [0.5, 0.6) is 0 Å². The van der Waals surface area contributed by atoms with Gasteiger partial charge in [0.15, 0.2) is 0 Å². The van der Waals surface area contributed by atoms with E-state index in [1.165, 1.54) is 138 Å². The summed E-state index contributed by atoms with van der Waals surface area (Å²) < 4.78 is 0. The van der Waals surface area contributed by atoms with Gasteiger partial charge in [0.2, 0.25) is 0 Å². The largest absolute Gasteiger partial charge is 0.507 e. The zero-order valence-corrected chi connectivity index (χ0v) is 36.8. The lowest BCUT2D eigenvalue weighted by Crippen LogP contribution is -1.99. The molecule has 2 N–H and O–H groups in total. The van der Waals surface area contributed by atoms with Gasteiger partial charge >= 0.3 is 0 Å². The molecule has 0 spiro atoms. The number of nitrogens with zero attached hydrogens (tertiary/aromatic N) is 2. The summed E-state index contributed by atoms with van der Waals surface area (Å²) in [6.07, 6.45) is 32.5. The Morgan fingerprint density at radius 1 is 0.379 bits per heavy atom. The fourth-order valence-electron chi connectivity index (χ4n) is 7.78. The predicted octanol–water partition coefficient (Wildman–Crippen LogP) is 16.3. The highest BCUT2D eigenvalue weighted by Gasteiger charge is 2.12. The van der Waals surface area contributed by atoms with Gasteiger partial charge in [-0.3, -0.25) is 0 Å². The third kappa shape index (κ3) is 17.4. The van der Waals surface area contributed by atoms with Crippen molar-refractivity contribution in [3.05, 3.63) is 118 Å². The monoisotopic (exact) mass is 785 g/mol. The van der Waals surface area contributed by atoms with Crippen LogP contribution in [0.25, 0.3) is 35.1 Å². The molecule has 0 radical (unpaired) electrons. The molecule has 0 aliphatic heterocycles. The SMILES string of the molecule is CCCCCCCCc1cc(/C=C(\O)c2ccc(CCCCCC)cc2)nc(-c2cc(CCCCCCCC)cc(/C=C(\O)c3ccc(CCCCCC)cc3)n2)c1. The zero-order valence-electron chi connectivity index (χ0n) is 36.8. The first-order valence-electron chi connectivity index (χ1n) is 23.4. The maximum Gasteiger partial charge on any atom is 0.124 e. The first-order valence-corrected chi connectivity index (χ1v) is 23.4. The topological polar surface area (TPSA) is 66.2 Å². The number of aliphatic hydroxyl groups is 2. The van der Waals surface area contributed by atoms with E-state index in [0.717, 1.165) is 72.4 Å². The Bertz CT molecular complexity index is 1650. The average Bonchev–Trinajstić information content (AvgIpc) is 3.24. The minimum absolute atomic E-state index is 0.220. The first kappa shape index (κ1) is 46.5. The molecule has 0 unspecified atom stereocenters. The standard InChI is InChI=1S/C54H76N2O2/c1-5-9-13-17-19-23-27-45-37-49(41-53(57)47-33-29-43(30-34-47)25-21-15-11-7-3)55-51(39-45)52-40-46(28-24-20-18-14-10-6-2)38-50(56-52)42-54(58)48-35-31-44(32-36-48)26-22-16-12-8-4/h29-42,57-58H,5-28H2,1-4H3/b53-41-,54-42-. The van der Waals surface area contributed by atoms with Gasteiger partial charge in [0.25, 0.3) is 0 Å². The van der Waals surface area contributed by atoms with E-state index >= 15 is 0 Å². The number of pyridine rings is 2. The van der Waals surface area contributed by atoms with Gasteiger partial charge in [0.05, 0.1) is 22.8 Å². The van der Waals surface area contributed by atoms with Crippen LogP contribution < -0.4 is 0 Å². The van der Waals surface area contributed by atoms with Gasteiger partial charge in [0.1, 0.15) is 11.5 Å². The summed E-state index contributed by atoms with van der Waals surface area (Å²) in [5, 5.41) is 22.8. The van der Waals surface area contributed by atoms with Crippen molar-refractivity contribution in [2.45, 2.75) is 182 Å². The summed E-state index contributed by atoms with van der Waals surface area (Å²) in [5.74, 6) is 0.441. The molecule has 0 bridgehead atoms. The highest BCUT2D eigenvalue weighted by Crippen LogP contribution is 2.26. The average molecular weight is 785 g/mol. The minimum Gasteiger partial charge on any atom is -0.507 e. The van der Waals surface area contributed by atoms with Crippen LogP contribution in [0, 0.1) is 0 Å². The van der Waals surface area contributed by atoms with Gasteiger partial charge in [-0.2, -0.15) is 0 Å². The molecule has 0 saturated carbocycles. The fourth-order valence-corrected chi connectivity index (χ4v) is 7.78. The van der Waals surface area contributed by atoms with Gasteiger partial charge in [0, 0.05) is 23.3 Å². The second-order valence-corrected chi connectivity index (χ2v) is 16.7. The third-order valence-electron chi connectivity index (χ3n) is 11.4. The van der Waals surface area contributed by atoms with Crippen molar-refractivity contribution in [2.75, 3.05) is 0 Å². The molecule has 4 heteroatoms. The predicted molar refractivity (Wildman–Crippen MR) is 251 cm³/mol. The molecule has 0 saturated heterocycles. The minimum atomic E-state index is 0.220. The molecule has 0 amide bonds. The van der Waals surface area contributed by atoms with E-state index in [0.29, 0.717) is 0 Å². The van der Waals surface area contributed by atoms with E-state index in [-0.39, 0.29) is 11.5 Å². The van der Waals surface area contributed by atoms with Crippen LogP contribution in [0.2, 0.25) is 0 Å². The molecule has 0 fully saturated rings. The van der Waals surface area contributed by atoms with Crippen molar-refractivity contribution in [3.63, 3.8) is 0 Å². The molecular weight excluding hydrogens is 709 g/mol. The summed E-state index contributed by atoms with van der Waals surface area (Å²) in [5.41, 5.74) is 9.71. The maximum atomic E-state index is 11.4. The van der Waals surface area contributed by atoms with Gasteiger partial charge in [-0.25, -0.2) is 9.97 Å². The molecule has 2 aromatic carbocycles. The number of rotatable bonds is 29. The van der Waals surface area contributed by atoms with Gasteiger partial charge in [-0.1, -0.05) is 179 Å². The summed E-state index contributed by atoms with van der Waals surface area (Å²) >= 11 is 0. The smallest absolute Gasteiger partial charge is 0.124 e. The molecule has 4 nitrogen and oxygen atoms in total. The van der Waals surface area contributed by atoms with E-state index < -0.39 is 0 Å². The first-order chi connectivity index (χ1) is 28.4. The van der Waals surface area contributed by atoms with Crippen LogP contribution in [0.15, 0.2) is 72.8 Å². The van der Waals surface area contributed by atoms with Crippen molar-refractivity contribution in [1.82, 2.24) is 9.97 Å². The molecule has 58 heavy (non-hydrogen) atoms. The van der Waals surface area contributed by atoms with Crippen molar-refractivity contribution in [1.29, 1.82) is 0 Å². The number of aliphatic hydroxyl groups excluding tert-OH is 2. The molecule has 0 aliphatic rings. The van der Waals surface area contributed by atoms with E-state index in [9.17, 15) is 10.2 Å². The van der Waals surface area contributed by atoms with E-state index in [1.54, 1.807) is 0 Å². The lowest BCUT2D eigenvalue weighted by atomic mass is 10.0. The molecule has 2 aromatic heterocycles. The van der Waals surface area contributed by atoms with Gasteiger partial charge in [-0.15, -0.1) is 0 Å². The maximum absolute atomic E-state index is 11.4. The summed E-state index contributed by atoms with van der Waals surface area (Å²) in [6, 6.07) is 25.3. The van der Waals surface area contributed by atoms with Gasteiger partial charge < -0.3 is 10.2 Å². The second kappa shape index (κ2) is 27.5. The number of benzene rings is 2. The molecule has 4 aromatic rings. The molecule has 0 atom stereocenters. The number of aromatic nitrogens is 2. The number of hydrogen-bond acceptors (Lipinski definition) is 4. The molecule has 2 heterocycles. The summed E-state index contributed by atoms with van der Waals surface area (Å²) in [6.45, 7) is 9.01. The molecular formula is C54H76N2O2. The van der Waals surface area contributed by atoms with Crippen LogP contribution in [0.4, 0.5) is 0 Å². The van der Waals surface area contributed by atoms with Crippen LogP contribution in [-0.2, 0) is 25.7 Å². The third-order valence-corrected chi connectivity index (χ3v) is 11.4.